The van der Waals surface area contributed by atoms with Crippen LogP contribution in [-0.2, 0) is 4.74 Å². The smallest absolute Gasteiger partial charge is 0.410 e. The summed E-state index contributed by atoms with van der Waals surface area (Å²) in [5.41, 5.74) is -0.128. The Hall–Kier alpha value is -0.810. The number of amides is 1. The van der Waals surface area contributed by atoms with Crippen molar-refractivity contribution < 1.29 is 9.53 Å². The molecule has 1 N–H and O–H groups in total. The predicted octanol–water partition coefficient (Wildman–Crippen LogP) is 3.10. The molecule has 2 saturated heterocycles. The molecule has 1 unspecified atom stereocenters. The van der Waals surface area contributed by atoms with Gasteiger partial charge in [-0.15, -0.1) is 0 Å². The predicted molar refractivity (Wildman–Crippen MR) is 98.3 cm³/mol. The van der Waals surface area contributed by atoms with Crippen LogP contribution in [0.15, 0.2) is 0 Å². The van der Waals surface area contributed by atoms with E-state index in [1.54, 1.807) is 0 Å². The van der Waals surface area contributed by atoms with Crippen molar-refractivity contribution in [2.75, 3.05) is 39.8 Å². The molecular formula is C19H37N3O2. The fourth-order valence-electron chi connectivity index (χ4n) is 3.67. The van der Waals surface area contributed by atoms with Crippen LogP contribution in [0.5, 0.6) is 0 Å². The largest absolute Gasteiger partial charge is 0.444 e. The Morgan fingerprint density at radius 1 is 1.21 bits per heavy atom. The number of hydrogen-bond donors (Lipinski definition) is 1. The Morgan fingerprint density at radius 2 is 1.88 bits per heavy atom. The molecule has 2 heterocycles. The van der Waals surface area contributed by atoms with Crippen molar-refractivity contribution in [1.82, 2.24) is 15.1 Å². The van der Waals surface area contributed by atoms with E-state index in [9.17, 15) is 4.79 Å². The highest BCUT2D eigenvalue weighted by Gasteiger charge is 2.33. The Balaban J connectivity index is 1.71. The summed E-state index contributed by atoms with van der Waals surface area (Å²) >= 11 is 0. The minimum Gasteiger partial charge on any atom is -0.444 e. The van der Waals surface area contributed by atoms with Crippen molar-refractivity contribution in [2.24, 2.45) is 5.41 Å². The van der Waals surface area contributed by atoms with E-state index in [1.807, 2.05) is 25.7 Å². The number of nitrogens with one attached hydrogen (secondary N) is 1. The molecule has 0 bridgehead atoms. The van der Waals surface area contributed by atoms with Gasteiger partial charge in [0.15, 0.2) is 0 Å². The maximum atomic E-state index is 12.2. The van der Waals surface area contributed by atoms with Crippen molar-refractivity contribution in [3.8, 4) is 0 Å². The van der Waals surface area contributed by atoms with Crippen molar-refractivity contribution in [2.45, 2.75) is 71.4 Å². The quantitative estimate of drug-likeness (QED) is 0.855. The van der Waals surface area contributed by atoms with Crippen LogP contribution in [0.1, 0.15) is 59.8 Å². The zero-order valence-electron chi connectivity index (χ0n) is 16.4. The lowest BCUT2D eigenvalue weighted by molar-refractivity contribution is 0.0118. The van der Waals surface area contributed by atoms with Gasteiger partial charge in [-0.1, -0.05) is 13.3 Å². The van der Waals surface area contributed by atoms with Gasteiger partial charge in [-0.25, -0.2) is 4.79 Å². The molecule has 5 nitrogen and oxygen atoms in total. The van der Waals surface area contributed by atoms with E-state index in [0.29, 0.717) is 6.04 Å². The van der Waals surface area contributed by atoms with Crippen LogP contribution in [0.4, 0.5) is 4.79 Å². The molecule has 24 heavy (non-hydrogen) atoms. The Morgan fingerprint density at radius 3 is 2.46 bits per heavy atom. The lowest BCUT2D eigenvalue weighted by Gasteiger charge is -2.40. The lowest BCUT2D eigenvalue weighted by atomic mass is 9.80. The monoisotopic (exact) mass is 339 g/mol. The first-order valence-corrected chi connectivity index (χ1v) is 9.57. The third kappa shape index (κ3) is 5.92. The third-order valence-electron chi connectivity index (χ3n) is 5.48. The molecule has 1 atom stereocenters. The van der Waals surface area contributed by atoms with Gasteiger partial charge in [0.2, 0.25) is 0 Å². The van der Waals surface area contributed by atoms with Gasteiger partial charge in [-0.2, -0.15) is 0 Å². The fraction of sp³-hybridized carbons (Fsp3) is 0.947. The number of likely N-dealkylation sites (tertiary alicyclic amines) is 2. The second kappa shape index (κ2) is 8.05. The van der Waals surface area contributed by atoms with E-state index in [0.717, 1.165) is 39.0 Å². The normalized spacial score (nSPS) is 25.5. The second-order valence-electron chi connectivity index (χ2n) is 9.04. The zero-order chi connectivity index (χ0) is 17.8. The first-order chi connectivity index (χ1) is 11.2. The van der Waals surface area contributed by atoms with Gasteiger partial charge < -0.3 is 19.9 Å². The van der Waals surface area contributed by atoms with E-state index in [2.05, 4.69) is 24.2 Å². The van der Waals surface area contributed by atoms with Gasteiger partial charge in [0, 0.05) is 32.2 Å². The highest BCUT2D eigenvalue weighted by molar-refractivity contribution is 5.68. The van der Waals surface area contributed by atoms with Crippen LogP contribution in [0.2, 0.25) is 0 Å². The summed E-state index contributed by atoms with van der Waals surface area (Å²) in [5.74, 6) is 0. The van der Waals surface area contributed by atoms with Crippen LogP contribution in [0, 0.1) is 5.41 Å². The van der Waals surface area contributed by atoms with E-state index in [-0.39, 0.29) is 11.5 Å². The Labute approximate surface area is 148 Å². The second-order valence-corrected chi connectivity index (χ2v) is 9.04. The molecule has 0 aliphatic carbocycles. The summed E-state index contributed by atoms with van der Waals surface area (Å²) in [7, 11) is 2.24. The molecule has 0 aromatic carbocycles. The van der Waals surface area contributed by atoms with Gasteiger partial charge in [0.05, 0.1) is 0 Å². The summed E-state index contributed by atoms with van der Waals surface area (Å²) in [6, 6.07) is 0.684. The van der Waals surface area contributed by atoms with Crippen molar-refractivity contribution in [1.29, 1.82) is 0 Å². The van der Waals surface area contributed by atoms with Crippen LogP contribution in [-0.4, -0.2) is 67.3 Å². The molecule has 1 amide bonds. The summed E-state index contributed by atoms with van der Waals surface area (Å²) < 4.78 is 5.48. The number of rotatable bonds is 4. The molecular weight excluding hydrogens is 302 g/mol. The maximum absolute atomic E-state index is 12.2. The number of ether oxygens (including phenoxy) is 1. The van der Waals surface area contributed by atoms with Crippen molar-refractivity contribution in [3.63, 3.8) is 0 Å². The summed E-state index contributed by atoms with van der Waals surface area (Å²) in [6.07, 6.45) is 5.93. The van der Waals surface area contributed by atoms with Gasteiger partial charge in [-0.05, 0) is 65.5 Å². The first kappa shape index (κ1) is 19.5. The highest BCUT2D eigenvalue weighted by Crippen LogP contribution is 2.31. The van der Waals surface area contributed by atoms with E-state index in [4.69, 9.17) is 4.74 Å². The average molecular weight is 340 g/mol. The number of likely N-dealkylation sites (N-methyl/N-ethyl adjacent to an activating group) is 1. The number of hydrogen-bond acceptors (Lipinski definition) is 4. The highest BCUT2D eigenvalue weighted by atomic mass is 16.6. The van der Waals surface area contributed by atoms with Gasteiger partial charge in [-0.3, -0.25) is 0 Å². The molecule has 2 fully saturated rings. The van der Waals surface area contributed by atoms with Gasteiger partial charge >= 0.3 is 6.09 Å². The molecule has 0 saturated carbocycles. The van der Waals surface area contributed by atoms with Gasteiger partial charge in [0.25, 0.3) is 0 Å². The van der Waals surface area contributed by atoms with Crippen LogP contribution in [0.3, 0.4) is 0 Å². The SMILES string of the molecule is CN1CCCCC1CNCC1(C)CCN(C(=O)OC(C)(C)C)CC1. The summed E-state index contributed by atoms with van der Waals surface area (Å²) in [4.78, 5) is 16.5. The molecule has 0 aromatic rings. The minimum absolute atomic E-state index is 0.165. The van der Waals surface area contributed by atoms with Crippen LogP contribution >= 0.6 is 0 Å². The van der Waals surface area contributed by atoms with E-state index < -0.39 is 5.60 Å². The maximum Gasteiger partial charge on any atom is 0.410 e. The Kier molecular flexibility index (Phi) is 6.54. The standard InChI is InChI=1S/C19H37N3O2/c1-18(2,3)24-17(23)22-12-9-19(4,10-13-22)15-20-14-16-8-6-7-11-21(16)5/h16,20H,6-15H2,1-5H3. The fourth-order valence-corrected chi connectivity index (χ4v) is 3.67. The first-order valence-electron chi connectivity index (χ1n) is 9.57. The number of piperidine rings is 2. The molecule has 140 valence electrons. The molecule has 2 aliphatic heterocycles. The number of nitrogens with zero attached hydrogens (tertiary/aromatic N) is 2. The third-order valence-corrected chi connectivity index (χ3v) is 5.48. The van der Waals surface area contributed by atoms with Crippen LogP contribution in [0.25, 0.3) is 0 Å². The molecule has 0 spiro atoms. The van der Waals surface area contributed by atoms with Gasteiger partial charge in [0.1, 0.15) is 5.60 Å². The molecule has 2 aliphatic rings. The van der Waals surface area contributed by atoms with E-state index in [1.165, 1.54) is 25.8 Å². The molecule has 0 aromatic heterocycles. The molecule has 5 heteroatoms. The average Bonchev–Trinajstić information content (AvgIpc) is 2.48. The molecule has 2 rings (SSSR count). The summed E-state index contributed by atoms with van der Waals surface area (Å²) in [5, 5.41) is 3.70. The topological polar surface area (TPSA) is 44.8 Å². The zero-order valence-corrected chi connectivity index (χ0v) is 16.4. The van der Waals surface area contributed by atoms with Crippen LogP contribution < -0.4 is 5.32 Å². The summed E-state index contributed by atoms with van der Waals surface area (Å²) in [6.45, 7) is 13.1. The number of carbonyl (C=O) groups is 1. The van der Waals surface area contributed by atoms with Crippen molar-refractivity contribution >= 4 is 6.09 Å². The minimum atomic E-state index is -0.411. The van der Waals surface area contributed by atoms with E-state index >= 15 is 0 Å². The number of carbonyl (C=O) groups excluding carboxylic acids is 1. The van der Waals surface area contributed by atoms with Crippen molar-refractivity contribution in [3.05, 3.63) is 0 Å². The molecule has 0 radical (unpaired) electrons. The lowest BCUT2D eigenvalue weighted by Crippen LogP contribution is -2.49. The Bertz CT molecular complexity index is 411.